The Balaban J connectivity index is 1.43. The van der Waals surface area contributed by atoms with Crippen molar-refractivity contribution in [3.05, 3.63) is 54.1 Å². The molecule has 0 saturated carbocycles. The summed E-state index contributed by atoms with van der Waals surface area (Å²) in [6, 6.07) is 16.7. The summed E-state index contributed by atoms with van der Waals surface area (Å²) in [6.07, 6.45) is 2.45. The zero-order valence-corrected chi connectivity index (χ0v) is 20.3. The lowest BCUT2D eigenvalue weighted by Gasteiger charge is -2.27. The van der Waals surface area contributed by atoms with Crippen LogP contribution in [0.25, 0.3) is 10.2 Å². The highest BCUT2D eigenvalue weighted by atomic mass is 32.2. The molecule has 0 radical (unpaired) electrons. The normalized spacial score (nSPS) is 14.7. The molecule has 0 spiro atoms. The van der Waals surface area contributed by atoms with Crippen LogP contribution in [0.4, 0.5) is 5.13 Å². The van der Waals surface area contributed by atoms with Crippen molar-refractivity contribution in [2.24, 2.45) is 0 Å². The van der Waals surface area contributed by atoms with E-state index in [1.54, 1.807) is 23.1 Å². The van der Waals surface area contributed by atoms with Gasteiger partial charge in [-0.1, -0.05) is 42.5 Å². The van der Waals surface area contributed by atoms with Crippen molar-refractivity contribution in [1.29, 1.82) is 0 Å². The molecule has 7 heteroatoms. The fraction of sp³-hybridized carbons (Fsp3) is 0.440. The van der Waals surface area contributed by atoms with Crippen LogP contribution in [0.2, 0.25) is 0 Å². The molecule has 1 fully saturated rings. The maximum absolute atomic E-state index is 13.3. The van der Waals surface area contributed by atoms with Gasteiger partial charge >= 0.3 is 0 Å². The van der Waals surface area contributed by atoms with E-state index in [4.69, 9.17) is 9.72 Å². The first kappa shape index (κ1) is 23.2. The highest BCUT2D eigenvalue weighted by molar-refractivity contribution is 7.99. The van der Waals surface area contributed by atoms with Crippen molar-refractivity contribution < 1.29 is 9.53 Å². The van der Waals surface area contributed by atoms with Crippen LogP contribution in [-0.4, -0.2) is 60.9 Å². The summed E-state index contributed by atoms with van der Waals surface area (Å²) >= 11 is 3.36. The third-order valence-electron chi connectivity index (χ3n) is 5.67. The van der Waals surface area contributed by atoms with Gasteiger partial charge in [-0.3, -0.25) is 14.6 Å². The second kappa shape index (κ2) is 11.8. The van der Waals surface area contributed by atoms with Crippen LogP contribution in [-0.2, 0) is 16.0 Å². The van der Waals surface area contributed by atoms with Crippen LogP contribution < -0.4 is 4.90 Å². The molecule has 1 aliphatic heterocycles. The maximum Gasteiger partial charge on any atom is 0.229 e. The SMILES string of the molecule is CCc1ccc2nc(N(CCCN3CCOCC3)C(=O)CCSc3ccccc3)sc2c1. The Morgan fingerprint density at radius 3 is 2.78 bits per heavy atom. The number of morpholine rings is 1. The Labute approximate surface area is 198 Å². The Kier molecular flexibility index (Phi) is 8.56. The number of fused-ring (bicyclic) bond motifs is 1. The molecule has 4 rings (SSSR count). The summed E-state index contributed by atoms with van der Waals surface area (Å²) in [7, 11) is 0. The minimum Gasteiger partial charge on any atom is -0.379 e. The number of aromatic nitrogens is 1. The van der Waals surface area contributed by atoms with E-state index in [2.05, 4.69) is 42.2 Å². The van der Waals surface area contributed by atoms with Crippen LogP contribution >= 0.6 is 23.1 Å². The number of anilines is 1. The molecule has 5 nitrogen and oxygen atoms in total. The molecule has 1 aliphatic rings. The van der Waals surface area contributed by atoms with Crippen molar-refractivity contribution in [2.75, 3.05) is 50.0 Å². The summed E-state index contributed by atoms with van der Waals surface area (Å²) in [5.41, 5.74) is 2.28. The molecule has 0 N–H and O–H groups in total. The third kappa shape index (κ3) is 6.32. The molecule has 170 valence electrons. The molecule has 0 bridgehead atoms. The lowest BCUT2D eigenvalue weighted by molar-refractivity contribution is -0.118. The average Bonchev–Trinajstić information content (AvgIpc) is 3.26. The van der Waals surface area contributed by atoms with E-state index in [-0.39, 0.29) is 5.91 Å². The molecule has 1 amide bonds. The number of benzene rings is 2. The molecule has 0 unspecified atom stereocenters. The van der Waals surface area contributed by atoms with Crippen LogP contribution in [0, 0.1) is 0 Å². The number of hydrogen-bond acceptors (Lipinski definition) is 6. The number of ether oxygens (including phenoxy) is 1. The minimum absolute atomic E-state index is 0.158. The summed E-state index contributed by atoms with van der Waals surface area (Å²) in [4.78, 5) is 23.6. The minimum atomic E-state index is 0.158. The zero-order valence-electron chi connectivity index (χ0n) is 18.7. The van der Waals surface area contributed by atoms with Gasteiger partial charge in [0.2, 0.25) is 5.91 Å². The van der Waals surface area contributed by atoms with Gasteiger partial charge in [0.15, 0.2) is 5.13 Å². The van der Waals surface area contributed by atoms with E-state index in [1.165, 1.54) is 10.5 Å². The Morgan fingerprint density at radius 1 is 1.19 bits per heavy atom. The Bertz CT molecular complexity index is 1000. The Morgan fingerprint density at radius 2 is 2.00 bits per heavy atom. The lowest BCUT2D eigenvalue weighted by Crippen LogP contribution is -2.39. The highest BCUT2D eigenvalue weighted by Crippen LogP contribution is 2.31. The number of thiazole rings is 1. The van der Waals surface area contributed by atoms with E-state index in [0.717, 1.165) is 66.8 Å². The molecule has 0 atom stereocenters. The third-order valence-corrected chi connectivity index (χ3v) is 7.72. The molecular formula is C25H31N3O2S2. The highest BCUT2D eigenvalue weighted by Gasteiger charge is 2.20. The van der Waals surface area contributed by atoms with E-state index in [9.17, 15) is 4.79 Å². The second-order valence-corrected chi connectivity index (χ2v) is 10.1. The number of rotatable bonds is 10. The predicted octanol–water partition coefficient (Wildman–Crippen LogP) is 5.10. The van der Waals surface area contributed by atoms with Crippen molar-refractivity contribution in [3.8, 4) is 0 Å². The first-order valence-corrected chi connectivity index (χ1v) is 13.2. The number of carbonyl (C=O) groups excluding carboxylic acids is 1. The second-order valence-electron chi connectivity index (χ2n) is 7.92. The summed E-state index contributed by atoms with van der Waals surface area (Å²) in [5, 5.41) is 0.824. The van der Waals surface area contributed by atoms with E-state index >= 15 is 0 Å². The smallest absolute Gasteiger partial charge is 0.229 e. The fourth-order valence-electron chi connectivity index (χ4n) is 3.80. The van der Waals surface area contributed by atoms with Gasteiger partial charge in [0, 0.05) is 43.2 Å². The summed E-state index contributed by atoms with van der Waals surface area (Å²) < 4.78 is 6.61. The van der Waals surface area contributed by atoms with Gasteiger partial charge in [0.1, 0.15) is 0 Å². The van der Waals surface area contributed by atoms with Gasteiger partial charge in [-0.25, -0.2) is 4.98 Å². The van der Waals surface area contributed by atoms with Gasteiger partial charge in [-0.15, -0.1) is 11.8 Å². The van der Waals surface area contributed by atoms with Gasteiger partial charge in [-0.2, -0.15) is 0 Å². The van der Waals surface area contributed by atoms with Gasteiger partial charge in [-0.05, 0) is 42.7 Å². The predicted molar refractivity (Wildman–Crippen MR) is 135 cm³/mol. The van der Waals surface area contributed by atoms with Crippen molar-refractivity contribution in [1.82, 2.24) is 9.88 Å². The molecule has 1 aromatic heterocycles. The summed E-state index contributed by atoms with van der Waals surface area (Å²) in [6.45, 7) is 7.40. The summed E-state index contributed by atoms with van der Waals surface area (Å²) in [5.74, 6) is 0.929. The molecule has 1 saturated heterocycles. The topological polar surface area (TPSA) is 45.7 Å². The number of nitrogens with zero attached hydrogens (tertiary/aromatic N) is 3. The lowest BCUT2D eigenvalue weighted by atomic mass is 10.2. The number of amides is 1. The first-order chi connectivity index (χ1) is 15.7. The quantitative estimate of drug-likeness (QED) is 0.387. The van der Waals surface area contributed by atoms with Gasteiger partial charge in [0.25, 0.3) is 0 Å². The van der Waals surface area contributed by atoms with Crippen LogP contribution in [0.15, 0.2) is 53.4 Å². The first-order valence-electron chi connectivity index (χ1n) is 11.4. The zero-order chi connectivity index (χ0) is 22.2. The van der Waals surface area contributed by atoms with Gasteiger partial charge < -0.3 is 4.74 Å². The number of aryl methyl sites for hydroxylation is 1. The monoisotopic (exact) mass is 469 g/mol. The van der Waals surface area contributed by atoms with Crippen molar-refractivity contribution in [3.63, 3.8) is 0 Å². The molecule has 2 aromatic carbocycles. The van der Waals surface area contributed by atoms with Crippen LogP contribution in [0.5, 0.6) is 0 Å². The number of carbonyl (C=O) groups is 1. The number of thioether (sulfide) groups is 1. The molecule has 0 aliphatic carbocycles. The van der Waals surface area contributed by atoms with E-state index in [0.29, 0.717) is 13.0 Å². The average molecular weight is 470 g/mol. The van der Waals surface area contributed by atoms with E-state index in [1.807, 2.05) is 23.1 Å². The van der Waals surface area contributed by atoms with Crippen LogP contribution in [0.3, 0.4) is 0 Å². The molecule has 2 heterocycles. The van der Waals surface area contributed by atoms with Gasteiger partial charge in [0.05, 0.1) is 23.4 Å². The van der Waals surface area contributed by atoms with Crippen molar-refractivity contribution in [2.45, 2.75) is 31.1 Å². The Hall–Kier alpha value is -1.93. The maximum atomic E-state index is 13.3. The molecule has 3 aromatic rings. The standard InChI is InChI=1S/C25H31N3O2S2/c1-2-20-9-10-22-23(19-20)32-25(26-22)28(13-6-12-27-14-16-30-17-15-27)24(29)11-18-31-21-7-4-3-5-8-21/h3-5,7-10,19H,2,6,11-18H2,1H3. The molecular weight excluding hydrogens is 438 g/mol. The van der Waals surface area contributed by atoms with Crippen molar-refractivity contribution >= 4 is 44.4 Å². The fourth-order valence-corrected chi connectivity index (χ4v) is 5.74. The number of hydrogen-bond donors (Lipinski definition) is 0. The van der Waals surface area contributed by atoms with E-state index < -0.39 is 0 Å². The molecule has 32 heavy (non-hydrogen) atoms. The van der Waals surface area contributed by atoms with Crippen LogP contribution in [0.1, 0.15) is 25.3 Å². The largest absolute Gasteiger partial charge is 0.379 e.